The van der Waals surface area contributed by atoms with E-state index in [9.17, 15) is 5.11 Å². The summed E-state index contributed by atoms with van der Waals surface area (Å²) in [5.41, 5.74) is 1.54. The van der Waals surface area contributed by atoms with Gasteiger partial charge >= 0.3 is 0 Å². The van der Waals surface area contributed by atoms with Crippen LogP contribution in [0, 0.1) is 0 Å². The Hall–Kier alpha value is -1.39. The molecule has 0 aliphatic rings. The second kappa shape index (κ2) is 7.26. The fourth-order valence-corrected chi connectivity index (χ4v) is 2.50. The maximum atomic E-state index is 9.49. The molecule has 5 heteroatoms. The van der Waals surface area contributed by atoms with Crippen molar-refractivity contribution in [3.63, 3.8) is 0 Å². The predicted molar refractivity (Wildman–Crippen MR) is 83.0 cm³/mol. The van der Waals surface area contributed by atoms with Crippen LogP contribution in [0.1, 0.15) is 19.4 Å². The standard InChI is InChI=1S/C14H16ClNO2S/c1-9(7-10(2)17)16-11(3)19-8-12-5-4-6-13(18)14(12)15/h4-7,17-18H,2,8H2,1,3H3/b9-7-,16-11+. The molecule has 0 fully saturated rings. The van der Waals surface area contributed by atoms with Crippen LogP contribution in [0.3, 0.4) is 0 Å². The van der Waals surface area contributed by atoms with Crippen LogP contribution >= 0.6 is 23.4 Å². The second-order valence-corrected chi connectivity index (χ2v) is 5.49. The van der Waals surface area contributed by atoms with Crippen LogP contribution in [0.15, 0.2) is 47.3 Å². The number of allylic oxidation sites excluding steroid dienone is 2. The van der Waals surface area contributed by atoms with E-state index in [0.717, 1.165) is 10.6 Å². The number of phenolic OH excluding ortho intramolecular Hbond substituents is 1. The number of hydrogen-bond donors (Lipinski definition) is 2. The topological polar surface area (TPSA) is 52.8 Å². The zero-order valence-electron chi connectivity index (χ0n) is 10.9. The van der Waals surface area contributed by atoms with Crippen LogP contribution < -0.4 is 0 Å². The first-order valence-electron chi connectivity index (χ1n) is 5.60. The normalized spacial score (nSPS) is 12.6. The van der Waals surface area contributed by atoms with E-state index in [1.165, 1.54) is 17.8 Å². The van der Waals surface area contributed by atoms with Gasteiger partial charge in [0.25, 0.3) is 0 Å². The molecule has 2 N–H and O–H groups in total. The molecule has 0 saturated carbocycles. The fraction of sp³-hybridized carbons (Fsp3) is 0.214. The van der Waals surface area contributed by atoms with Crippen LogP contribution in [-0.2, 0) is 5.75 Å². The Balaban J connectivity index is 2.69. The smallest absolute Gasteiger partial charge is 0.134 e. The summed E-state index contributed by atoms with van der Waals surface area (Å²) in [4.78, 5) is 4.30. The van der Waals surface area contributed by atoms with Crippen LogP contribution in [0.5, 0.6) is 5.75 Å². The summed E-state index contributed by atoms with van der Waals surface area (Å²) in [6.45, 7) is 7.03. The molecule has 0 aliphatic carbocycles. The molecule has 0 bridgehead atoms. The lowest BCUT2D eigenvalue weighted by Gasteiger charge is -2.05. The van der Waals surface area contributed by atoms with E-state index in [2.05, 4.69) is 11.6 Å². The van der Waals surface area contributed by atoms with Gasteiger partial charge in [-0.15, -0.1) is 11.8 Å². The third-order valence-corrected chi connectivity index (χ3v) is 3.60. The summed E-state index contributed by atoms with van der Waals surface area (Å²) in [5.74, 6) is 0.688. The van der Waals surface area contributed by atoms with Gasteiger partial charge < -0.3 is 10.2 Å². The van der Waals surface area contributed by atoms with E-state index in [4.69, 9.17) is 16.7 Å². The van der Waals surface area contributed by atoms with Crippen molar-refractivity contribution in [1.29, 1.82) is 0 Å². The summed E-state index contributed by atoms with van der Waals surface area (Å²) >= 11 is 7.50. The highest BCUT2D eigenvalue weighted by molar-refractivity contribution is 8.13. The Morgan fingerprint density at radius 2 is 2.16 bits per heavy atom. The van der Waals surface area contributed by atoms with Crippen molar-refractivity contribution in [1.82, 2.24) is 0 Å². The molecule has 1 rings (SSSR count). The van der Waals surface area contributed by atoms with Crippen molar-refractivity contribution >= 4 is 28.4 Å². The SMILES string of the molecule is C=C(O)/C=C(C)\N=C(/C)SCc1cccc(O)c1Cl. The first-order valence-corrected chi connectivity index (χ1v) is 6.97. The average molecular weight is 298 g/mol. The summed E-state index contributed by atoms with van der Waals surface area (Å²) < 4.78 is 0. The minimum atomic E-state index is -0.0184. The summed E-state index contributed by atoms with van der Waals surface area (Å²) in [6.07, 6.45) is 1.49. The van der Waals surface area contributed by atoms with Gasteiger partial charge in [-0.2, -0.15) is 0 Å². The van der Waals surface area contributed by atoms with E-state index < -0.39 is 0 Å². The second-order valence-electron chi connectivity index (χ2n) is 3.95. The number of benzene rings is 1. The van der Waals surface area contributed by atoms with Gasteiger partial charge in [-0.3, -0.25) is 4.99 Å². The number of aliphatic imine (C=N–C) groups is 1. The molecule has 0 heterocycles. The number of aliphatic hydroxyl groups is 1. The number of thioether (sulfide) groups is 1. The van der Waals surface area contributed by atoms with Crippen molar-refractivity contribution < 1.29 is 10.2 Å². The van der Waals surface area contributed by atoms with E-state index in [1.54, 1.807) is 19.1 Å². The van der Waals surface area contributed by atoms with Crippen LogP contribution in [0.2, 0.25) is 5.02 Å². The predicted octanol–water partition coefficient (Wildman–Crippen LogP) is 4.67. The van der Waals surface area contributed by atoms with Crippen molar-refractivity contribution in [3.8, 4) is 5.75 Å². The molecule has 19 heavy (non-hydrogen) atoms. The Labute approximate surface area is 122 Å². The molecule has 0 radical (unpaired) electrons. The molecule has 0 unspecified atom stereocenters. The van der Waals surface area contributed by atoms with E-state index in [1.807, 2.05) is 13.0 Å². The Bertz CT molecular complexity index is 538. The van der Waals surface area contributed by atoms with Gasteiger partial charge in [0.2, 0.25) is 0 Å². The molecule has 0 aromatic heterocycles. The highest BCUT2D eigenvalue weighted by atomic mass is 35.5. The number of aromatic hydroxyl groups is 1. The van der Waals surface area contributed by atoms with Gasteiger partial charge in [-0.25, -0.2) is 0 Å². The molecular weight excluding hydrogens is 282 g/mol. The van der Waals surface area contributed by atoms with Crippen molar-refractivity contribution in [2.24, 2.45) is 4.99 Å². The van der Waals surface area contributed by atoms with Crippen LogP contribution in [0.25, 0.3) is 0 Å². The van der Waals surface area contributed by atoms with E-state index in [-0.39, 0.29) is 11.5 Å². The van der Waals surface area contributed by atoms with Gasteiger partial charge in [-0.05, 0) is 25.5 Å². The minimum Gasteiger partial charge on any atom is -0.509 e. The molecule has 3 nitrogen and oxygen atoms in total. The number of phenols is 1. The zero-order valence-corrected chi connectivity index (χ0v) is 12.4. The van der Waals surface area contributed by atoms with Gasteiger partial charge in [0.15, 0.2) is 0 Å². The first kappa shape index (κ1) is 15.7. The highest BCUT2D eigenvalue weighted by Gasteiger charge is 2.05. The Morgan fingerprint density at radius 1 is 1.47 bits per heavy atom. The number of rotatable bonds is 4. The van der Waals surface area contributed by atoms with Crippen LogP contribution in [0.4, 0.5) is 0 Å². The molecule has 0 atom stereocenters. The van der Waals surface area contributed by atoms with Gasteiger partial charge in [0.1, 0.15) is 11.5 Å². The molecule has 0 saturated heterocycles. The van der Waals surface area contributed by atoms with Crippen molar-refractivity contribution in [2.75, 3.05) is 0 Å². The van der Waals surface area contributed by atoms with E-state index in [0.29, 0.717) is 16.5 Å². The zero-order chi connectivity index (χ0) is 14.4. The molecule has 1 aromatic rings. The first-order chi connectivity index (χ1) is 8.90. The lowest BCUT2D eigenvalue weighted by atomic mass is 10.2. The van der Waals surface area contributed by atoms with Gasteiger partial charge in [0.05, 0.1) is 10.1 Å². The third kappa shape index (κ3) is 5.41. The van der Waals surface area contributed by atoms with E-state index >= 15 is 0 Å². The molecule has 102 valence electrons. The monoisotopic (exact) mass is 297 g/mol. The average Bonchev–Trinajstić information content (AvgIpc) is 2.30. The number of aliphatic hydroxyl groups excluding tert-OH is 1. The van der Waals surface area contributed by atoms with Gasteiger partial charge in [-0.1, -0.05) is 30.3 Å². The summed E-state index contributed by atoms with van der Waals surface area (Å²) in [6, 6.07) is 5.17. The lowest BCUT2D eigenvalue weighted by Crippen LogP contribution is -1.89. The highest BCUT2D eigenvalue weighted by Crippen LogP contribution is 2.29. The number of halogens is 1. The maximum Gasteiger partial charge on any atom is 0.134 e. The Morgan fingerprint density at radius 3 is 2.79 bits per heavy atom. The summed E-state index contributed by atoms with van der Waals surface area (Å²) in [5, 5.41) is 19.7. The molecule has 1 aromatic carbocycles. The molecular formula is C14H16ClNO2S. The fourth-order valence-electron chi connectivity index (χ4n) is 1.41. The molecule has 0 amide bonds. The van der Waals surface area contributed by atoms with Gasteiger partial charge in [0, 0.05) is 17.5 Å². The minimum absolute atomic E-state index is 0.0184. The van der Waals surface area contributed by atoms with Crippen molar-refractivity contribution in [2.45, 2.75) is 19.6 Å². The quantitative estimate of drug-likeness (QED) is 0.367. The molecule has 0 spiro atoms. The number of nitrogens with zero attached hydrogens (tertiary/aromatic N) is 1. The lowest BCUT2D eigenvalue weighted by molar-refractivity contribution is 0.434. The molecule has 0 aliphatic heterocycles. The maximum absolute atomic E-state index is 9.49. The largest absolute Gasteiger partial charge is 0.509 e. The summed E-state index contributed by atoms with van der Waals surface area (Å²) in [7, 11) is 0. The van der Waals surface area contributed by atoms with Crippen LogP contribution in [-0.4, -0.2) is 15.3 Å². The van der Waals surface area contributed by atoms with Crippen molar-refractivity contribution in [3.05, 3.63) is 52.9 Å². The Kier molecular flexibility index (Phi) is 5.99. The third-order valence-electron chi connectivity index (χ3n) is 2.20. The number of hydrogen-bond acceptors (Lipinski definition) is 4.